The zero-order valence-electron chi connectivity index (χ0n) is 16.7. The van der Waals surface area contributed by atoms with Gasteiger partial charge in [0.15, 0.2) is 5.96 Å². The summed E-state index contributed by atoms with van der Waals surface area (Å²) in [6.07, 6.45) is 1.75. The molecule has 2 aromatic rings. The van der Waals surface area contributed by atoms with Crippen LogP contribution in [0.15, 0.2) is 47.5 Å². The molecule has 2 rings (SSSR count). The standard InChI is InChI=1S/C21H30N4O2.HI/c1-3-12-23-20(26)16-25-21(22-4-2)24-13-7-14-27-19-11-10-17-8-5-6-9-18(17)15-19;/h5-6,8-11,15H,3-4,7,12-14,16H2,1-2H3,(H,23,26)(H2,22,24,25);1H. The van der Waals surface area contributed by atoms with Crippen molar-refractivity contribution in [2.24, 2.45) is 4.99 Å². The number of nitrogens with one attached hydrogen (secondary N) is 3. The van der Waals surface area contributed by atoms with Gasteiger partial charge < -0.3 is 20.7 Å². The van der Waals surface area contributed by atoms with E-state index < -0.39 is 0 Å². The highest BCUT2D eigenvalue weighted by molar-refractivity contribution is 14.0. The van der Waals surface area contributed by atoms with Crippen molar-refractivity contribution in [1.82, 2.24) is 16.0 Å². The van der Waals surface area contributed by atoms with Gasteiger partial charge in [0.25, 0.3) is 0 Å². The van der Waals surface area contributed by atoms with Crippen LogP contribution in [0, 0.1) is 0 Å². The Hall–Kier alpha value is -2.03. The third-order valence-electron chi connectivity index (χ3n) is 3.90. The molecule has 0 spiro atoms. The molecule has 0 heterocycles. The van der Waals surface area contributed by atoms with Crippen molar-refractivity contribution in [3.8, 4) is 5.75 Å². The van der Waals surface area contributed by atoms with E-state index >= 15 is 0 Å². The van der Waals surface area contributed by atoms with E-state index in [1.807, 2.05) is 32.0 Å². The van der Waals surface area contributed by atoms with Gasteiger partial charge in [0.05, 0.1) is 6.61 Å². The Morgan fingerprint density at radius 1 is 1.00 bits per heavy atom. The molecule has 0 aliphatic rings. The van der Waals surface area contributed by atoms with Gasteiger partial charge in [0.2, 0.25) is 5.91 Å². The quantitative estimate of drug-likeness (QED) is 0.204. The predicted octanol–water partition coefficient (Wildman–Crippen LogP) is 3.31. The van der Waals surface area contributed by atoms with Crippen molar-refractivity contribution in [1.29, 1.82) is 0 Å². The number of ether oxygens (including phenoxy) is 1. The summed E-state index contributed by atoms with van der Waals surface area (Å²) in [6, 6.07) is 14.4. The highest BCUT2D eigenvalue weighted by atomic mass is 127. The Kier molecular flexibility index (Phi) is 12.0. The fraction of sp³-hybridized carbons (Fsp3) is 0.429. The van der Waals surface area contributed by atoms with Crippen LogP contribution in [0.5, 0.6) is 5.75 Å². The molecule has 0 radical (unpaired) electrons. The Morgan fingerprint density at radius 2 is 1.79 bits per heavy atom. The number of amides is 1. The number of nitrogens with zero attached hydrogens (tertiary/aromatic N) is 1. The van der Waals surface area contributed by atoms with Crippen LogP contribution in [0.1, 0.15) is 26.7 Å². The number of guanidine groups is 1. The fourth-order valence-electron chi connectivity index (χ4n) is 2.54. The summed E-state index contributed by atoms with van der Waals surface area (Å²) in [4.78, 5) is 15.9. The molecule has 0 aliphatic carbocycles. The largest absolute Gasteiger partial charge is 0.494 e. The van der Waals surface area contributed by atoms with Gasteiger partial charge in [-0.05, 0) is 42.7 Å². The normalized spacial score (nSPS) is 10.9. The number of halogens is 1. The number of hydrogen-bond acceptors (Lipinski definition) is 3. The second-order valence-corrected chi connectivity index (χ2v) is 6.18. The van der Waals surface area contributed by atoms with E-state index in [-0.39, 0.29) is 36.4 Å². The number of carbonyl (C=O) groups excluding carboxylic acids is 1. The van der Waals surface area contributed by atoms with Crippen LogP contribution in [0.3, 0.4) is 0 Å². The average Bonchev–Trinajstić information content (AvgIpc) is 2.70. The van der Waals surface area contributed by atoms with Gasteiger partial charge in [-0.25, -0.2) is 4.99 Å². The van der Waals surface area contributed by atoms with Gasteiger partial charge in [-0.15, -0.1) is 24.0 Å². The molecule has 0 fully saturated rings. The van der Waals surface area contributed by atoms with Gasteiger partial charge in [-0.2, -0.15) is 0 Å². The zero-order valence-corrected chi connectivity index (χ0v) is 19.0. The zero-order chi connectivity index (χ0) is 19.3. The van der Waals surface area contributed by atoms with Crippen LogP contribution in [-0.2, 0) is 4.79 Å². The van der Waals surface area contributed by atoms with Crippen LogP contribution >= 0.6 is 24.0 Å². The summed E-state index contributed by atoms with van der Waals surface area (Å²) >= 11 is 0. The molecule has 0 saturated carbocycles. The summed E-state index contributed by atoms with van der Waals surface area (Å²) in [6.45, 7) is 6.91. The molecule has 0 saturated heterocycles. The Balaban J connectivity index is 0.00000392. The van der Waals surface area contributed by atoms with E-state index in [4.69, 9.17) is 4.74 Å². The Labute approximate surface area is 184 Å². The summed E-state index contributed by atoms with van der Waals surface area (Å²) in [5.74, 6) is 1.46. The van der Waals surface area contributed by atoms with E-state index in [0.717, 1.165) is 31.7 Å². The summed E-state index contributed by atoms with van der Waals surface area (Å²) in [7, 11) is 0. The van der Waals surface area contributed by atoms with Gasteiger partial charge in [0.1, 0.15) is 12.3 Å². The first kappa shape index (κ1) is 24.0. The van der Waals surface area contributed by atoms with Crippen LogP contribution in [0.4, 0.5) is 0 Å². The first-order chi connectivity index (χ1) is 13.2. The monoisotopic (exact) mass is 498 g/mol. The van der Waals surface area contributed by atoms with Crippen LogP contribution < -0.4 is 20.7 Å². The molecule has 0 atom stereocenters. The maximum absolute atomic E-state index is 11.6. The van der Waals surface area contributed by atoms with Crippen LogP contribution in [-0.4, -0.2) is 44.7 Å². The first-order valence-electron chi connectivity index (χ1n) is 9.63. The van der Waals surface area contributed by atoms with Crippen LogP contribution in [0.2, 0.25) is 0 Å². The summed E-state index contributed by atoms with van der Waals surface area (Å²) in [5, 5.41) is 11.6. The molecule has 28 heavy (non-hydrogen) atoms. The van der Waals surface area contributed by atoms with Gasteiger partial charge >= 0.3 is 0 Å². The smallest absolute Gasteiger partial charge is 0.241 e. The van der Waals surface area contributed by atoms with E-state index in [0.29, 0.717) is 19.1 Å². The molecule has 154 valence electrons. The SMILES string of the molecule is CCCNC(=O)CN=C(NCC)NCCCOc1ccc2ccccc2c1.I. The van der Waals surface area contributed by atoms with Crippen molar-refractivity contribution < 1.29 is 9.53 Å². The van der Waals surface area contributed by atoms with Gasteiger partial charge in [-0.3, -0.25) is 4.79 Å². The molecule has 1 amide bonds. The molecule has 0 unspecified atom stereocenters. The highest BCUT2D eigenvalue weighted by Crippen LogP contribution is 2.20. The maximum Gasteiger partial charge on any atom is 0.241 e. The molecule has 7 heteroatoms. The van der Waals surface area contributed by atoms with E-state index in [1.54, 1.807) is 0 Å². The maximum atomic E-state index is 11.6. The Morgan fingerprint density at radius 3 is 2.54 bits per heavy atom. The lowest BCUT2D eigenvalue weighted by Crippen LogP contribution is -2.39. The van der Waals surface area contributed by atoms with Crippen molar-refractivity contribution in [3.63, 3.8) is 0 Å². The van der Waals surface area contributed by atoms with Gasteiger partial charge in [-0.1, -0.05) is 37.3 Å². The third-order valence-corrected chi connectivity index (χ3v) is 3.90. The Bertz CT molecular complexity index is 752. The predicted molar refractivity (Wildman–Crippen MR) is 127 cm³/mol. The second-order valence-electron chi connectivity index (χ2n) is 6.18. The molecule has 6 nitrogen and oxygen atoms in total. The van der Waals surface area contributed by atoms with E-state index in [1.165, 1.54) is 10.8 Å². The van der Waals surface area contributed by atoms with E-state index in [9.17, 15) is 4.79 Å². The average molecular weight is 498 g/mol. The molecular weight excluding hydrogens is 467 g/mol. The number of carbonyl (C=O) groups is 1. The number of hydrogen-bond donors (Lipinski definition) is 3. The third kappa shape index (κ3) is 8.77. The van der Waals surface area contributed by atoms with E-state index in [2.05, 4.69) is 45.2 Å². The lowest BCUT2D eigenvalue weighted by molar-refractivity contribution is -0.119. The summed E-state index contributed by atoms with van der Waals surface area (Å²) in [5.41, 5.74) is 0. The lowest BCUT2D eigenvalue weighted by atomic mass is 10.1. The fourth-order valence-corrected chi connectivity index (χ4v) is 2.54. The topological polar surface area (TPSA) is 74.8 Å². The molecule has 3 N–H and O–H groups in total. The number of benzene rings is 2. The molecule has 0 aromatic heterocycles. The second kappa shape index (κ2) is 14.0. The molecule has 2 aromatic carbocycles. The minimum Gasteiger partial charge on any atom is -0.494 e. The van der Waals surface area contributed by atoms with Crippen molar-refractivity contribution in [3.05, 3.63) is 42.5 Å². The molecule has 0 bridgehead atoms. The molecular formula is C21H31IN4O2. The van der Waals surface area contributed by atoms with Crippen LogP contribution in [0.25, 0.3) is 10.8 Å². The lowest BCUT2D eigenvalue weighted by Gasteiger charge is -2.12. The minimum atomic E-state index is -0.0614. The van der Waals surface area contributed by atoms with Crippen molar-refractivity contribution in [2.45, 2.75) is 26.7 Å². The number of fused-ring (bicyclic) bond motifs is 1. The first-order valence-corrected chi connectivity index (χ1v) is 9.63. The van der Waals surface area contributed by atoms with Gasteiger partial charge in [0, 0.05) is 19.6 Å². The highest BCUT2D eigenvalue weighted by Gasteiger charge is 2.02. The van der Waals surface area contributed by atoms with Crippen molar-refractivity contribution in [2.75, 3.05) is 32.8 Å². The number of aliphatic imine (C=N–C) groups is 1. The number of rotatable bonds is 10. The summed E-state index contributed by atoms with van der Waals surface area (Å²) < 4.78 is 5.83. The van der Waals surface area contributed by atoms with Crippen molar-refractivity contribution >= 4 is 46.6 Å². The minimum absolute atomic E-state index is 0. The molecule has 0 aliphatic heterocycles.